The summed E-state index contributed by atoms with van der Waals surface area (Å²) in [6.07, 6.45) is 3.54. The van der Waals surface area contributed by atoms with E-state index in [9.17, 15) is 0 Å². The van der Waals surface area contributed by atoms with Crippen LogP contribution < -0.4 is 9.47 Å². The van der Waals surface area contributed by atoms with Gasteiger partial charge in [-0.05, 0) is 23.8 Å². The van der Waals surface area contributed by atoms with Crippen LogP contribution in [0.2, 0.25) is 0 Å². The summed E-state index contributed by atoms with van der Waals surface area (Å²) in [4.78, 5) is 14.6. The minimum atomic E-state index is 0.197. The number of hydrogen-bond acceptors (Lipinski definition) is 5. The Labute approximate surface area is 152 Å². The molecule has 1 aliphatic rings. The molecule has 0 fully saturated rings. The largest absolute Gasteiger partial charge is 0.497 e. The fourth-order valence-corrected chi connectivity index (χ4v) is 3.60. The molecule has 0 radical (unpaired) electrons. The third kappa shape index (κ3) is 3.15. The molecule has 1 unspecified atom stereocenters. The van der Waals surface area contributed by atoms with Crippen LogP contribution in [-0.2, 0) is 13.1 Å². The van der Waals surface area contributed by atoms with Gasteiger partial charge in [0.05, 0.1) is 31.9 Å². The van der Waals surface area contributed by atoms with Gasteiger partial charge in [0.2, 0.25) is 5.88 Å². The van der Waals surface area contributed by atoms with Crippen molar-refractivity contribution in [2.24, 2.45) is 0 Å². The zero-order valence-electron chi connectivity index (χ0n) is 15.0. The zero-order chi connectivity index (χ0) is 17.9. The number of aromatic amines is 1. The van der Waals surface area contributed by atoms with Crippen molar-refractivity contribution in [3.8, 4) is 11.6 Å². The molecule has 0 saturated heterocycles. The van der Waals surface area contributed by atoms with Crippen LogP contribution in [0.15, 0.2) is 48.9 Å². The van der Waals surface area contributed by atoms with Gasteiger partial charge in [0.25, 0.3) is 0 Å². The second-order valence-corrected chi connectivity index (χ2v) is 6.44. The normalized spacial score (nSPS) is 16.9. The number of H-pyrrole nitrogens is 1. The van der Waals surface area contributed by atoms with Gasteiger partial charge in [-0.25, -0.2) is 9.97 Å². The number of hydrogen-bond donors (Lipinski definition) is 1. The third-order valence-corrected chi connectivity index (χ3v) is 4.84. The monoisotopic (exact) mass is 350 g/mol. The van der Waals surface area contributed by atoms with Crippen molar-refractivity contribution in [3.63, 3.8) is 0 Å². The Morgan fingerprint density at radius 2 is 2.08 bits per heavy atom. The van der Waals surface area contributed by atoms with Gasteiger partial charge in [-0.1, -0.05) is 18.2 Å². The molecule has 3 aromatic rings. The van der Waals surface area contributed by atoms with Gasteiger partial charge in [0.1, 0.15) is 5.75 Å². The minimum absolute atomic E-state index is 0.197. The second-order valence-electron chi connectivity index (χ2n) is 6.44. The van der Waals surface area contributed by atoms with Crippen LogP contribution in [0.5, 0.6) is 11.6 Å². The number of benzene rings is 1. The van der Waals surface area contributed by atoms with Crippen molar-refractivity contribution in [2.45, 2.75) is 19.0 Å². The summed E-state index contributed by atoms with van der Waals surface area (Å²) in [7, 11) is 3.36. The Morgan fingerprint density at radius 3 is 2.92 bits per heavy atom. The molecule has 2 aromatic heterocycles. The lowest BCUT2D eigenvalue weighted by molar-refractivity contribution is 0.223. The van der Waals surface area contributed by atoms with Crippen molar-refractivity contribution >= 4 is 0 Å². The topological polar surface area (TPSA) is 63.3 Å². The number of ether oxygens (including phenoxy) is 2. The smallest absolute Gasteiger partial charge is 0.217 e. The summed E-state index contributed by atoms with van der Waals surface area (Å²) in [6, 6.07) is 12.2. The molecule has 0 spiro atoms. The lowest BCUT2D eigenvalue weighted by atomic mass is 9.90. The van der Waals surface area contributed by atoms with Gasteiger partial charge < -0.3 is 14.5 Å². The molecule has 134 valence electrons. The summed E-state index contributed by atoms with van der Waals surface area (Å²) in [5.41, 5.74) is 4.57. The van der Waals surface area contributed by atoms with Gasteiger partial charge in [-0.2, -0.15) is 0 Å². The van der Waals surface area contributed by atoms with E-state index in [0.29, 0.717) is 5.88 Å². The summed E-state index contributed by atoms with van der Waals surface area (Å²) in [6.45, 7) is 2.48. The van der Waals surface area contributed by atoms with Crippen molar-refractivity contribution < 1.29 is 9.47 Å². The fourth-order valence-electron chi connectivity index (χ4n) is 3.60. The van der Waals surface area contributed by atoms with Crippen molar-refractivity contribution in [1.82, 2.24) is 19.9 Å². The lowest BCUT2D eigenvalue weighted by Gasteiger charge is -2.32. The molecule has 0 saturated carbocycles. The van der Waals surface area contributed by atoms with Gasteiger partial charge in [-0.3, -0.25) is 4.90 Å². The first kappa shape index (κ1) is 16.6. The Bertz CT molecular complexity index is 893. The molecule has 1 aromatic carbocycles. The number of pyridine rings is 1. The van der Waals surface area contributed by atoms with Gasteiger partial charge in [-0.15, -0.1) is 0 Å². The predicted molar refractivity (Wildman–Crippen MR) is 98.3 cm³/mol. The Hall–Kier alpha value is -2.86. The number of imidazole rings is 1. The number of nitrogens with zero attached hydrogens (tertiary/aromatic N) is 3. The molecule has 0 bridgehead atoms. The molecule has 1 atom stereocenters. The Kier molecular flexibility index (Phi) is 4.58. The maximum atomic E-state index is 5.41. The van der Waals surface area contributed by atoms with E-state index in [4.69, 9.17) is 9.47 Å². The van der Waals surface area contributed by atoms with E-state index in [2.05, 4.69) is 38.1 Å². The van der Waals surface area contributed by atoms with Crippen molar-refractivity contribution in [3.05, 3.63) is 71.4 Å². The molecule has 26 heavy (non-hydrogen) atoms. The highest BCUT2D eigenvalue weighted by Crippen LogP contribution is 2.34. The van der Waals surface area contributed by atoms with E-state index in [1.54, 1.807) is 26.7 Å². The number of methoxy groups -OCH3 is 2. The van der Waals surface area contributed by atoms with Crippen molar-refractivity contribution in [2.75, 3.05) is 20.8 Å². The molecular weight excluding hydrogens is 328 g/mol. The number of nitrogens with one attached hydrogen (secondary N) is 1. The lowest BCUT2D eigenvalue weighted by Crippen LogP contribution is -2.34. The second kappa shape index (κ2) is 7.17. The predicted octanol–water partition coefficient (Wildman–Crippen LogP) is 2.97. The molecule has 1 aliphatic heterocycles. The standard InChI is InChI=1S/C20H22N4O2/c1-25-16-7-3-5-14(9-16)17-11-24(12-18-19(17)23-13-22-18)10-15-6-4-8-21-20(15)26-2/h3-9,13,17H,10-12H2,1-2H3,(H,22,23). The number of rotatable bonds is 5. The molecule has 1 N–H and O–H groups in total. The molecule has 6 nitrogen and oxygen atoms in total. The van der Waals surface area contributed by atoms with Crippen LogP contribution in [0.25, 0.3) is 0 Å². The first-order chi connectivity index (χ1) is 12.8. The highest BCUT2D eigenvalue weighted by atomic mass is 16.5. The maximum Gasteiger partial charge on any atom is 0.217 e. The number of fused-ring (bicyclic) bond motifs is 1. The SMILES string of the molecule is COc1cccc(C2CN(Cc3cccnc3OC)Cc3[nH]cnc32)c1. The quantitative estimate of drug-likeness (QED) is 0.766. The first-order valence-corrected chi connectivity index (χ1v) is 8.65. The van der Waals surface area contributed by atoms with Gasteiger partial charge >= 0.3 is 0 Å². The van der Waals surface area contributed by atoms with E-state index in [0.717, 1.165) is 42.3 Å². The van der Waals surface area contributed by atoms with Crippen LogP contribution in [-0.4, -0.2) is 40.6 Å². The Morgan fingerprint density at radius 1 is 1.15 bits per heavy atom. The minimum Gasteiger partial charge on any atom is -0.497 e. The van der Waals surface area contributed by atoms with Crippen LogP contribution >= 0.6 is 0 Å². The van der Waals surface area contributed by atoms with Crippen LogP contribution in [0.1, 0.15) is 28.4 Å². The average molecular weight is 350 g/mol. The summed E-state index contributed by atoms with van der Waals surface area (Å²) in [5.74, 6) is 1.74. The summed E-state index contributed by atoms with van der Waals surface area (Å²) in [5, 5.41) is 0. The maximum absolute atomic E-state index is 5.41. The van der Waals surface area contributed by atoms with Crippen LogP contribution in [0.4, 0.5) is 0 Å². The molecule has 3 heterocycles. The first-order valence-electron chi connectivity index (χ1n) is 8.65. The third-order valence-electron chi connectivity index (χ3n) is 4.84. The van der Waals surface area contributed by atoms with Gasteiger partial charge in [0.15, 0.2) is 0 Å². The van der Waals surface area contributed by atoms with E-state index >= 15 is 0 Å². The van der Waals surface area contributed by atoms with E-state index < -0.39 is 0 Å². The van der Waals surface area contributed by atoms with Gasteiger partial charge in [0, 0.05) is 37.3 Å². The van der Waals surface area contributed by atoms with Crippen molar-refractivity contribution in [1.29, 1.82) is 0 Å². The summed E-state index contributed by atoms with van der Waals surface area (Å²) >= 11 is 0. The number of aromatic nitrogens is 3. The van der Waals surface area contributed by atoms with Crippen LogP contribution in [0, 0.1) is 0 Å². The van der Waals surface area contributed by atoms with Crippen LogP contribution in [0.3, 0.4) is 0 Å². The average Bonchev–Trinajstić information content (AvgIpc) is 3.16. The highest BCUT2D eigenvalue weighted by molar-refractivity contribution is 5.38. The molecule has 0 amide bonds. The molecular formula is C20H22N4O2. The molecule has 6 heteroatoms. The highest BCUT2D eigenvalue weighted by Gasteiger charge is 2.29. The van der Waals surface area contributed by atoms with E-state index in [-0.39, 0.29) is 5.92 Å². The fraction of sp³-hybridized carbons (Fsp3) is 0.300. The Balaban J connectivity index is 1.64. The molecule has 0 aliphatic carbocycles. The van der Waals surface area contributed by atoms with E-state index in [1.165, 1.54) is 5.56 Å². The zero-order valence-corrected chi connectivity index (χ0v) is 15.0. The summed E-state index contributed by atoms with van der Waals surface area (Å²) < 4.78 is 10.8. The molecule has 4 rings (SSSR count). The van der Waals surface area contributed by atoms with E-state index in [1.807, 2.05) is 18.2 Å².